The van der Waals surface area contributed by atoms with Crippen LogP contribution in [0.15, 0.2) is 0 Å². The molecule has 0 aromatic heterocycles. The maximum Gasteiger partial charge on any atom is -0.0181 e. The molecule has 0 spiro atoms. The minimum atomic E-state index is 0. The third-order valence-corrected chi connectivity index (χ3v) is 3.58. The average molecular weight is 283 g/mol. The first-order valence-corrected chi connectivity index (χ1v) is 6.35. The van der Waals surface area contributed by atoms with Crippen molar-refractivity contribution in [1.29, 1.82) is 0 Å². The van der Waals surface area contributed by atoms with Crippen LogP contribution in [0.4, 0.5) is 0 Å². The van der Waals surface area contributed by atoms with Crippen molar-refractivity contribution in [2.45, 2.75) is 71.4 Å². The van der Waals surface area contributed by atoms with Crippen molar-refractivity contribution in [3.05, 3.63) is 0 Å². The summed E-state index contributed by atoms with van der Waals surface area (Å²) in [6, 6.07) is 0. The first-order valence-electron chi connectivity index (χ1n) is 5.77. The number of hydrogen-bond donors (Lipinski definition) is 0. The van der Waals surface area contributed by atoms with Crippen molar-refractivity contribution in [2.24, 2.45) is 5.92 Å². The predicted octanol–water partition coefficient (Wildman–Crippen LogP) is 5.21. The van der Waals surface area contributed by atoms with E-state index in [-0.39, 0.29) is 17.0 Å². The van der Waals surface area contributed by atoms with Crippen LogP contribution in [0.5, 0.6) is 0 Å². The van der Waals surface area contributed by atoms with Crippen LogP contribution >= 0.6 is 26.2 Å². The van der Waals surface area contributed by atoms with E-state index in [1.807, 2.05) is 0 Å². The van der Waals surface area contributed by atoms with Crippen LogP contribution in [0, 0.1) is 5.92 Å². The maximum absolute atomic E-state index is 2.96. The lowest BCUT2D eigenvalue weighted by molar-refractivity contribution is 0.407. The Bertz CT molecular complexity index is 118. The van der Waals surface area contributed by atoms with E-state index in [0.29, 0.717) is 5.16 Å². The van der Waals surface area contributed by atoms with Crippen molar-refractivity contribution in [1.82, 2.24) is 0 Å². The van der Waals surface area contributed by atoms with Crippen LogP contribution in [0.25, 0.3) is 0 Å². The van der Waals surface area contributed by atoms with Gasteiger partial charge in [-0.1, -0.05) is 59.8 Å². The molecule has 2 unspecified atom stereocenters. The number of rotatable bonds is 7. The molecule has 0 aliphatic rings. The van der Waals surface area contributed by atoms with Crippen LogP contribution in [-0.2, 0) is 0 Å². The molecule has 0 bridgehead atoms. The molecule has 0 aliphatic carbocycles. The summed E-state index contributed by atoms with van der Waals surface area (Å²) in [5, 5.41) is 0.421. The van der Waals surface area contributed by atoms with Gasteiger partial charge in [-0.3, -0.25) is 0 Å². The Morgan fingerprint density at radius 2 is 1.57 bits per heavy atom. The summed E-state index contributed by atoms with van der Waals surface area (Å²) in [5.74, 6) is 0.833. The van der Waals surface area contributed by atoms with Gasteiger partial charge in [0.1, 0.15) is 0 Å². The number of unbranched alkanes of at least 4 members (excludes halogenated alkanes) is 4. The summed E-state index contributed by atoms with van der Waals surface area (Å²) < 4.78 is 0. The van der Waals surface area contributed by atoms with Crippen molar-refractivity contribution < 1.29 is 0 Å². The molecule has 0 saturated carbocycles. The molecule has 0 aliphatic heterocycles. The van der Waals surface area contributed by atoms with E-state index in [1.165, 1.54) is 38.5 Å². The van der Waals surface area contributed by atoms with Gasteiger partial charge in [0.15, 0.2) is 0 Å². The molecule has 0 heterocycles. The molecule has 0 rings (SSSR count). The molecular formula is C12H28BrP. The van der Waals surface area contributed by atoms with Gasteiger partial charge in [0.2, 0.25) is 0 Å². The highest BCUT2D eigenvalue weighted by molar-refractivity contribution is 8.93. The van der Waals surface area contributed by atoms with Crippen LogP contribution < -0.4 is 0 Å². The highest BCUT2D eigenvalue weighted by Gasteiger charge is 2.18. The molecule has 2 atom stereocenters. The fraction of sp³-hybridized carbons (Fsp3) is 1.00. The SMILES string of the molecule is Br.CCCCCCCC(C)C(C)(C)P. The molecule has 14 heavy (non-hydrogen) atoms. The Kier molecular flexibility index (Phi) is 11.3. The topological polar surface area (TPSA) is 0 Å². The van der Waals surface area contributed by atoms with E-state index in [2.05, 4.69) is 36.9 Å². The maximum atomic E-state index is 2.96. The molecule has 0 radical (unpaired) electrons. The highest BCUT2D eigenvalue weighted by atomic mass is 79.9. The van der Waals surface area contributed by atoms with Crippen LogP contribution in [0.1, 0.15) is 66.2 Å². The van der Waals surface area contributed by atoms with Gasteiger partial charge in [-0.2, -0.15) is 0 Å². The van der Waals surface area contributed by atoms with Crippen molar-refractivity contribution >= 4 is 26.2 Å². The number of halogens is 1. The Labute approximate surface area is 104 Å². The van der Waals surface area contributed by atoms with Gasteiger partial charge < -0.3 is 0 Å². The van der Waals surface area contributed by atoms with Crippen molar-refractivity contribution in [3.8, 4) is 0 Å². The minimum absolute atomic E-state index is 0. The van der Waals surface area contributed by atoms with Gasteiger partial charge in [-0.25, -0.2) is 0 Å². The van der Waals surface area contributed by atoms with E-state index in [0.717, 1.165) is 5.92 Å². The molecule has 0 amide bonds. The molecule has 2 heteroatoms. The van der Waals surface area contributed by atoms with Crippen molar-refractivity contribution in [3.63, 3.8) is 0 Å². The first kappa shape index (κ1) is 17.3. The molecule has 0 N–H and O–H groups in total. The minimum Gasteiger partial charge on any atom is -0.131 e. The lowest BCUT2D eigenvalue weighted by Gasteiger charge is -2.26. The van der Waals surface area contributed by atoms with Gasteiger partial charge in [-0.05, 0) is 17.5 Å². The quantitative estimate of drug-likeness (QED) is 0.444. The van der Waals surface area contributed by atoms with Crippen LogP contribution in [0.2, 0.25) is 0 Å². The van der Waals surface area contributed by atoms with E-state index in [4.69, 9.17) is 0 Å². The third-order valence-electron chi connectivity index (χ3n) is 3.01. The summed E-state index contributed by atoms with van der Waals surface area (Å²) in [4.78, 5) is 0. The van der Waals surface area contributed by atoms with Gasteiger partial charge in [0.25, 0.3) is 0 Å². The van der Waals surface area contributed by atoms with E-state index >= 15 is 0 Å². The fourth-order valence-electron chi connectivity index (χ4n) is 1.43. The largest absolute Gasteiger partial charge is 0.131 e. The Balaban J connectivity index is 0. The Hall–Kier alpha value is 0.910. The number of hydrogen-bond acceptors (Lipinski definition) is 0. The lowest BCUT2D eigenvalue weighted by atomic mass is 9.91. The van der Waals surface area contributed by atoms with E-state index < -0.39 is 0 Å². The smallest absolute Gasteiger partial charge is 0.0181 e. The van der Waals surface area contributed by atoms with Gasteiger partial charge in [0, 0.05) is 0 Å². The van der Waals surface area contributed by atoms with E-state index in [1.54, 1.807) is 0 Å². The normalized spacial score (nSPS) is 13.5. The Morgan fingerprint density at radius 3 is 2.00 bits per heavy atom. The van der Waals surface area contributed by atoms with Gasteiger partial charge in [0.05, 0.1) is 0 Å². The standard InChI is InChI=1S/C12H27P.BrH/c1-5-6-7-8-9-10-11(2)12(3,4)13;/h11H,5-10,13H2,1-4H3;1H. The molecule has 0 nitrogen and oxygen atoms in total. The summed E-state index contributed by atoms with van der Waals surface area (Å²) in [5.41, 5.74) is 0. The first-order chi connectivity index (χ1) is 5.98. The summed E-state index contributed by atoms with van der Waals surface area (Å²) >= 11 is 0. The molecule has 88 valence electrons. The summed E-state index contributed by atoms with van der Waals surface area (Å²) in [6.07, 6.45) is 8.43. The average Bonchev–Trinajstić information content (AvgIpc) is 2.02. The summed E-state index contributed by atoms with van der Waals surface area (Å²) in [6.45, 7) is 9.27. The molecular weight excluding hydrogens is 255 g/mol. The van der Waals surface area contributed by atoms with Gasteiger partial charge in [-0.15, -0.1) is 26.2 Å². The molecule has 0 saturated heterocycles. The van der Waals surface area contributed by atoms with Crippen LogP contribution in [0.3, 0.4) is 0 Å². The zero-order valence-electron chi connectivity index (χ0n) is 10.3. The Morgan fingerprint density at radius 1 is 1.07 bits per heavy atom. The van der Waals surface area contributed by atoms with E-state index in [9.17, 15) is 0 Å². The zero-order valence-corrected chi connectivity index (χ0v) is 13.2. The predicted molar refractivity (Wildman–Crippen MR) is 76.7 cm³/mol. The van der Waals surface area contributed by atoms with Crippen molar-refractivity contribution in [2.75, 3.05) is 0 Å². The fourth-order valence-corrected chi connectivity index (χ4v) is 1.59. The zero-order chi connectivity index (χ0) is 10.3. The monoisotopic (exact) mass is 282 g/mol. The molecule has 0 aromatic rings. The lowest BCUT2D eigenvalue weighted by Crippen LogP contribution is -2.20. The second-order valence-corrected chi connectivity index (χ2v) is 6.41. The second-order valence-electron chi connectivity index (χ2n) is 4.93. The molecule has 0 aromatic carbocycles. The third kappa shape index (κ3) is 9.46. The second kappa shape index (κ2) is 9.16. The van der Waals surface area contributed by atoms with Gasteiger partial charge >= 0.3 is 0 Å². The molecule has 0 fully saturated rings. The van der Waals surface area contributed by atoms with Crippen LogP contribution in [-0.4, -0.2) is 5.16 Å². The highest BCUT2D eigenvalue weighted by Crippen LogP contribution is 2.30. The summed E-state index contributed by atoms with van der Waals surface area (Å²) in [7, 11) is 2.96.